The van der Waals surface area contributed by atoms with E-state index in [0.717, 1.165) is 3.57 Å². The average Bonchev–Trinajstić information content (AvgIpc) is 2.94. The summed E-state index contributed by atoms with van der Waals surface area (Å²) < 4.78 is 32.9. The zero-order chi connectivity index (χ0) is 18.2. The van der Waals surface area contributed by atoms with Crippen molar-refractivity contribution in [2.24, 2.45) is 0 Å². The van der Waals surface area contributed by atoms with Crippen LogP contribution in [0.4, 0.5) is 0 Å². The van der Waals surface area contributed by atoms with E-state index in [0.29, 0.717) is 24.3 Å². The van der Waals surface area contributed by atoms with Gasteiger partial charge in [0.15, 0.2) is 5.76 Å². The fraction of sp³-hybridized carbons (Fsp3) is 0.375. The predicted octanol–water partition coefficient (Wildman–Crippen LogP) is 2.04. The highest BCUT2D eigenvalue weighted by atomic mass is 127. The third-order valence-electron chi connectivity index (χ3n) is 4.20. The van der Waals surface area contributed by atoms with E-state index >= 15 is 0 Å². The second kappa shape index (κ2) is 7.04. The Bertz CT molecular complexity index is 882. The zero-order valence-corrected chi connectivity index (χ0v) is 16.9. The van der Waals surface area contributed by atoms with Crippen LogP contribution in [0.3, 0.4) is 0 Å². The minimum atomic E-state index is -3.66. The first kappa shape index (κ1) is 18.3. The van der Waals surface area contributed by atoms with Crippen LogP contribution in [0.2, 0.25) is 0 Å². The largest absolute Gasteiger partial charge is 0.360 e. The summed E-state index contributed by atoms with van der Waals surface area (Å²) in [5.41, 5.74) is 1.000. The lowest BCUT2D eigenvalue weighted by Crippen LogP contribution is -2.50. The normalized spacial score (nSPS) is 16.2. The molecule has 0 saturated carbocycles. The summed E-state index contributed by atoms with van der Waals surface area (Å²) in [6.07, 6.45) is 0. The van der Waals surface area contributed by atoms with Crippen LogP contribution in [0.1, 0.15) is 21.8 Å². The number of hydrogen-bond acceptors (Lipinski definition) is 5. The standard InChI is InChI=1S/C16H18IN3O4S/c1-11-15(12(2)24-18-11)25(22,23)20-9-7-19(8-10-20)16(21)13-5-3-4-6-14(13)17/h3-6H,7-10H2,1-2H3. The minimum Gasteiger partial charge on any atom is -0.360 e. The molecule has 1 aromatic carbocycles. The van der Waals surface area contributed by atoms with E-state index in [9.17, 15) is 13.2 Å². The molecule has 3 rings (SSSR count). The van der Waals surface area contributed by atoms with Crippen molar-refractivity contribution >= 4 is 38.5 Å². The molecule has 2 heterocycles. The van der Waals surface area contributed by atoms with Crippen molar-refractivity contribution in [3.05, 3.63) is 44.9 Å². The summed E-state index contributed by atoms with van der Waals surface area (Å²) in [5.74, 6) is 0.217. The summed E-state index contributed by atoms with van der Waals surface area (Å²) in [4.78, 5) is 14.5. The van der Waals surface area contributed by atoms with Crippen LogP contribution in [0.25, 0.3) is 0 Å². The molecule has 7 nitrogen and oxygen atoms in total. The molecule has 0 bridgehead atoms. The fourth-order valence-corrected chi connectivity index (χ4v) is 5.24. The molecule has 0 spiro atoms. The van der Waals surface area contributed by atoms with Gasteiger partial charge in [0.05, 0.1) is 5.56 Å². The lowest BCUT2D eigenvalue weighted by atomic mass is 10.2. The number of benzene rings is 1. The van der Waals surface area contributed by atoms with Crippen LogP contribution >= 0.6 is 22.6 Å². The van der Waals surface area contributed by atoms with E-state index in [-0.39, 0.29) is 29.7 Å². The van der Waals surface area contributed by atoms with Crippen LogP contribution in [0.15, 0.2) is 33.7 Å². The Labute approximate surface area is 160 Å². The number of nitrogens with zero attached hydrogens (tertiary/aromatic N) is 3. The molecule has 1 fully saturated rings. The van der Waals surface area contributed by atoms with Gasteiger partial charge in [-0.1, -0.05) is 17.3 Å². The van der Waals surface area contributed by atoms with Gasteiger partial charge in [-0.2, -0.15) is 4.31 Å². The third-order valence-corrected chi connectivity index (χ3v) is 7.28. The molecule has 1 amide bonds. The van der Waals surface area contributed by atoms with Gasteiger partial charge in [-0.3, -0.25) is 4.79 Å². The van der Waals surface area contributed by atoms with Crippen molar-refractivity contribution in [1.82, 2.24) is 14.4 Å². The first-order chi connectivity index (χ1) is 11.8. The van der Waals surface area contributed by atoms with E-state index in [1.54, 1.807) is 24.8 Å². The molecule has 1 aromatic heterocycles. The van der Waals surface area contributed by atoms with Crippen LogP contribution in [-0.2, 0) is 10.0 Å². The summed E-state index contributed by atoms with van der Waals surface area (Å²) in [7, 11) is -3.66. The third kappa shape index (κ3) is 3.44. The average molecular weight is 475 g/mol. The number of piperazine rings is 1. The first-order valence-electron chi connectivity index (χ1n) is 7.79. The van der Waals surface area contributed by atoms with Crippen molar-refractivity contribution in [2.75, 3.05) is 26.2 Å². The van der Waals surface area contributed by atoms with E-state index in [4.69, 9.17) is 4.52 Å². The van der Waals surface area contributed by atoms with Crippen LogP contribution in [0.5, 0.6) is 0 Å². The van der Waals surface area contributed by atoms with Gasteiger partial charge in [-0.25, -0.2) is 8.42 Å². The highest BCUT2D eigenvalue weighted by Crippen LogP contribution is 2.24. The maximum atomic E-state index is 12.8. The number of aromatic nitrogens is 1. The second-order valence-electron chi connectivity index (χ2n) is 5.83. The molecule has 0 N–H and O–H groups in total. The maximum Gasteiger partial charge on any atom is 0.255 e. The van der Waals surface area contributed by atoms with E-state index in [2.05, 4.69) is 27.7 Å². The molecule has 0 unspecified atom stereocenters. The fourth-order valence-electron chi connectivity index (χ4n) is 2.91. The Hall–Kier alpha value is -1.46. The van der Waals surface area contributed by atoms with Gasteiger partial charge >= 0.3 is 0 Å². The summed E-state index contributed by atoms with van der Waals surface area (Å²) in [6, 6.07) is 7.38. The maximum absolute atomic E-state index is 12.8. The second-order valence-corrected chi connectivity index (χ2v) is 8.87. The molecule has 0 atom stereocenters. The molecule has 9 heteroatoms. The van der Waals surface area contributed by atoms with Gasteiger partial charge in [0.2, 0.25) is 10.0 Å². The van der Waals surface area contributed by atoms with Crippen LogP contribution in [0, 0.1) is 17.4 Å². The molecule has 25 heavy (non-hydrogen) atoms. The first-order valence-corrected chi connectivity index (χ1v) is 10.3. The lowest BCUT2D eigenvalue weighted by molar-refractivity contribution is 0.0696. The molecule has 134 valence electrons. The summed E-state index contributed by atoms with van der Waals surface area (Å²) in [6.45, 7) is 4.41. The molecular weight excluding hydrogens is 457 g/mol. The lowest BCUT2D eigenvalue weighted by Gasteiger charge is -2.34. The molecule has 2 aromatic rings. The molecule has 1 aliphatic heterocycles. The van der Waals surface area contributed by atoms with E-state index < -0.39 is 10.0 Å². The summed E-state index contributed by atoms with van der Waals surface area (Å²) in [5, 5.41) is 3.72. The van der Waals surface area contributed by atoms with Crippen molar-refractivity contribution in [3.63, 3.8) is 0 Å². The number of aryl methyl sites for hydroxylation is 2. The molecule has 1 saturated heterocycles. The highest BCUT2D eigenvalue weighted by molar-refractivity contribution is 14.1. The number of amides is 1. The molecule has 0 radical (unpaired) electrons. The van der Waals surface area contributed by atoms with Crippen LogP contribution in [-0.4, -0.2) is 54.9 Å². The summed E-state index contributed by atoms with van der Waals surface area (Å²) >= 11 is 2.13. The number of carbonyl (C=O) groups is 1. The zero-order valence-electron chi connectivity index (χ0n) is 13.9. The van der Waals surface area contributed by atoms with Crippen molar-refractivity contribution in [3.8, 4) is 0 Å². The van der Waals surface area contributed by atoms with E-state index in [1.807, 2.05) is 18.2 Å². The van der Waals surface area contributed by atoms with Gasteiger partial charge in [0.25, 0.3) is 5.91 Å². The predicted molar refractivity (Wildman–Crippen MR) is 99.8 cm³/mol. The molecule has 1 aliphatic rings. The van der Waals surface area contributed by atoms with Gasteiger partial charge in [-0.15, -0.1) is 0 Å². The Morgan fingerprint density at radius 2 is 1.80 bits per heavy atom. The Morgan fingerprint density at radius 1 is 1.16 bits per heavy atom. The molecular formula is C16H18IN3O4S. The van der Waals surface area contributed by atoms with Crippen molar-refractivity contribution in [2.45, 2.75) is 18.7 Å². The van der Waals surface area contributed by atoms with Crippen molar-refractivity contribution in [1.29, 1.82) is 0 Å². The van der Waals surface area contributed by atoms with Gasteiger partial charge in [0.1, 0.15) is 10.6 Å². The Kier molecular flexibility index (Phi) is 5.16. The number of hydrogen-bond donors (Lipinski definition) is 0. The molecule has 0 aliphatic carbocycles. The number of halogens is 1. The van der Waals surface area contributed by atoms with Gasteiger partial charge < -0.3 is 9.42 Å². The number of carbonyl (C=O) groups excluding carboxylic acids is 1. The van der Waals surface area contributed by atoms with E-state index in [1.165, 1.54) is 4.31 Å². The Morgan fingerprint density at radius 3 is 2.36 bits per heavy atom. The van der Waals surface area contributed by atoms with Gasteiger partial charge in [-0.05, 0) is 48.6 Å². The van der Waals surface area contributed by atoms with Gasteiger partial charge in [0, 0.05) is 29.7 Å². The topological polar surface area (TPSA) is 83.7 Å². The number of sulfonamides is 1. The van der Waals surface area contributed by atoms with Crippen molar-refractivity contribution < 1.29 is 17.7 Å². The quantitative estimate of drug-likeness (QED) is 0.635. The minimum absolute atomic E-state index is 0.0700. The monoisotopic (exact) mass is 475 g/mol. The Balaban J connectivity index is 1.74. The number of rotatable bonds is 3. The SMILES string of the molecule is Cc1noc(C)c1S(=O)(=O)N1CCN(C(=O)c2ccccc2I)CC1. The smallest absolute Gasteiger partial charge is 0.255 e. The van der Waals surface area contributed by atoms with Crippen LogP contribution < -0.4 is 0 Å². The highest BCUT2D eigenvalue weighted by Gasteiger charge is 2.34.